The van der Waals surface area contributed by atoms with Crippen molar-refractivity contribution in [1.82, 2.24) is 34.9 Å². The lowest BCUT2D eigenvalue weighted by Gasteiger charge is -2.69. The molecule has 4 bridgehead atoms. The number of hydrogen-bond acceptors (Lipinski definition) is 16. The molecule has 3 aromatic carbocycles. The molecule has 6 N–H and O–H groups in total. The van der Waals surface area contributed by atoms with E-state index >= 15 is 0 Å². The first-order chi connectivity index (χ1) is 45.7. The number of carboxylic acid groups (broad SMARTS) is 2. The third-order valence-corrected chi connectivity index (χ3v) is 20.6. The Labute approximate surface area is 560 Å². The number of unbranched alkanes of at least 4 members (excludes halogenated alkanes) is 2. The average Bonchev–Trinajstić information content (AvgIpc) is 0.716. The van der Waals surface area contributed by atoms with Gasteiger partial charge in [0.25, 0.3) is 23.6 Å². The first kappa shape index (κ1) is 68.0. The van der Waals surface area contributed by atoms with Crippen molar-refractivity contribution in [2.75, 3.05) is 47.9 Å². The third-order valence-electron chi connectivity index (χ3n) is 19.6. The van der Waals surface area contributed by atoms with Gasteiger partial charge in [-0.2, -0.15) is 5.10 Å². The van der Waals surface area contributed by atoms with E-state index in [1.165, 1.54) is 40.2 Å². The molecule has 12 rings (SSSR count). The number of pyridine rings is 1. The van der Waals surface area contributed by atoms with Crippen molar-refractivity contribution in [3.63, 3.8) is 0 Å². The quantitative estimate of drug-likeness (QED) is 0.0225. The van der Waals surface area contributed by atoms with Crippen LogP contribution < -0.4 is 26.2 Å². The number of benzene rings is 3. The summed E-state index contributed by atoms with van der Waals surface area (Å²) in [7, 11) is 0. The van der Waals surface area contributed by atoms with Gasteiger partial charge in [0.15, 0.2) is 10.8 Å². The maximum absolute atomic E-state index is 14.3. The van der Waals surface area contributed by atoms with E-state index in [9.17, 15) is 53.4 Å². The number of imide groups is 1. The number of anilines is 3. The van der Waals surface area contributed by atoms with Crippen LogP contribution in [-0.2, 0) is 64.4 Å². The molecule has 7 amide bonds. The van der Waals surface area contributed by atoms with Crippen molar-refractivity contribution in [2.24, 2.45) is 27.9 Å². The molecule has 506 valence electrons. The number of ether oxygens (including phenoxy) is 2. The molecule has 4 aliphatic carbocycles. The second-order valence-corrected chi connectivity index (χ2v) is 28.9. The van der Waals surface area contributed by atoms with Gasteiger partial charge in [-0.1, -0.05) is 81.9 Å². The van der Waals surface area contributed by atoms with Gasteiger partial charge in [0.05, 0.1) is 35.0 Å². The number of carbonyl (C=O) groups is 9. The largest absolute Gasteiger partial charge is 0.481 e. The summed E-state index contributed by atoms with van der Waals surface area (Å²) in [6, 6.07) is 21.3. The fourth-order valence-corrected chi connectivity index (χ4v) is 17.1. The number of primary amides is 1. The van der Waals surface area contributed by atoms with Gasteiger partial charge in [0, 0.05) is 85.9 Å². The van der Waals surface area contributed by atoms with Crippen LogP contribution in [0.5, 0.6) is 0 Å². The monoisotopic (exact) mass is 1330 g/mol. The molecule has 25 heteroatoms. The standard InChI is InChI=1S/C71H83N11O13S/c1-43(2)60(76-56(83)17-8-7-11-28-80-57(84)24-25-58(80)85)64(90)82(45(4)62(72)88)48-20-18-46(19-21-48)35-94-67(93)78(30-27-59(86)87)31-32-95-71-39-68(5)36-69(6,40-71)38-70(37-68,41-71)42-81-44(3)51(33-73-81)49-22-23-55(75-61(49)65(91)92)79-29-26-47-13-12-14-50(52(47)34-79)63(89)77-66-74-53-15-9-10-16-54(53)96-66/h9-10,12-16,18-25,33,43,45,60H,7-8,11,17,26-32,34-42H2,1-6H3,(H2,72,88)(H,76,83)(H,86,87)(H,91,92)(H,74,77,89)/t45-,60-,68?,69?,70?,71?/m0/s1. The predicted molar refractivity (Wildman–Crippen MR) is 359 cm³/mol. The molecule has 24 nitrogen and oxygen atoms in total. The number of nitrogens with zero attached hydrogens (tertiary/aromatic N) is 8. The smallest absolute Gasteiger partial charge is 0.410 e. The summed E-state index contributed by atoms with van der Waals surface area (Å²) in [4.78, 5) is 132. The molecule has 0 saturated heterocycles. The van der Waals surface area contributed by atoms with Gasteiger partial charge in [0.2, 0.25) is 11.8 Å². The molecule has 2 unspecified atom stereocenters. The number of aliphatic carboxylic acids is 1. The number of hydrogen-bond donors (Lipinski definition) is 5. The zero-order chi connectivity index (χ0) is 68.4. The maximum atomic E-state index is 14.3. The van der Waals surface area contributed by atoms with Gasteiger partial charge in [0.1, 0.15) is 24.5 Å². The van der Waals surface area contributed by atoms with Gasteiger partial charge in [-0.05, 0) is 153 Å². The number of amides is 7. The highest BCUT2D eigenvalue weighted by Crippen LogP contribution is 2.72. The highest BCUT2D eigenvalue weighted by molar-refractivity contribution is 7.22. The number of aromatic nitrogens is 4. The number of thiazole rings is 1. The number of carboxylic acids is 2. The molecule has 3 aromatic heterocycles. The van der Waals surface area contributed by atoms with Crippen molar-refractivity contribution in [1.29, 1.82) is 0 Å². The first-order valence-electron chi connectivity index (χ1n) is 32.8. The Morgan fingerprint density at radius 2 is 1.53 bits per heavy atom. The molecule has 0 radical (unpaired) electrons. The van der Waals surface area contributed by atoms with E-state index in [1.54, 1.807) is 56.4 Å². The molecule has 0 spiro atoms. The number of carbonyl (C=O) groups excluding carboxylic acids is 7. The van der Waals surface area contributed by atoms with Crippen LogP contribution in [0.4, 0.5) is 21.4 Å². The zero-order valence-electron chi connectivity index (χ0n) is 55.1. The van der Waals surface area contributed by atoms with Gasteiger partial charge < -0.3 is 40.5 Å². The Morgan fingerprint density at radius 1 is 0.802 bits per heavy atom. The van der Waals surface area contributed by atoms with Crippen LogP contribution in [0.2, 0.25) is 0 Å². The van der Waals surface area contributed by atoms with E-state index < -0.39 is 53.4 Å². The summed E-state index contributed by atoms with van der Waals surface area (Å²) in [6.07, 6.45) is 10.5. The van der Waals surface area contributed by atoms with E-state index in [4.69, 9.17) is 25.3 Å². The second kappa shape index (κ2) is 27.8. The van der Waals surface area contributed by atoms with Crippen molar-refractivity contribution in [3.05, 3.63) is 131 Å². The minimum atomic E-state index is -1.18. The number of para-hydroxylation sites is 1. The minimum absolute atomic E-state index is 0.0548. The summed E-state index contributed by atoms with van der Waals surface area (Å²) in [5, 5.41) is 31.8. The summed E-state index contributed by atoms with van der Waals surface area (Å²) >= 11 is 1.41. The molecule has 96 heavy (non-hydrogen) atoms. The SMILES string of the molecule is Cc1c(-c2ccc(N3CCc4cccc(C(=O)Nc5nc6ccccc6s5)c4C3)nc2C(=O)O)cnn1CC12CC3(C)CC(C)(C1)CC(OCCN(CCC(=O)O)C(=O)OCc1ccc(N(C(=O)[C@@H](NC(=O)CCCCCN4C(=O)C=CC4=O)C(C)C)[C@@H](C)C(N)=O)cc1)(C3)C2. The lowest BCUT2D eigenvalue weighted by molar-refractivity contribution is -0.248. The van der Waals surface area contributed by atoms with Crippen LogP contribution in [0.15, 0.2) is 97.2 Å². The van der Waals surface area contributed by atoms with E-state index in [1.807, 2.05) is 59.0 Å². The normalized spacial score (nSPS) is 21.5. The second-order valence-electron chi connectivity index (χ2n) is 27.8. The Morgan fingerprint density at radius 3 is 2.22 bits per heavy atom. The average molecular weight is 1330 g/mol. The zero-order valence-corrected chi connectivity index (χ0v) is 55.9. The number of nitrogens with two attached hydrogens (primary N) is 1. The number of fused-ring (bicyclic) bond motifs is 2. The lowest BCUT2D eigenvalue weighted by atomic mass is 9.39. The fraction of sp³-hybridized carbons (Fsp3) is 0.465. The lowest BCUT2D eigenvalue weighted by Crippen LogP contribution is -2.64. The van der Waals surface area contributed by atoms with Crippen LogP contribution in [0.3, 0.4) is 0 Å². The minimum Gasteiger partial charge on any atom is -0.481 e. The van der Waals surface area contributed by atoms with Crippen LogP contribution in [0, 0.1) is 29.1 Å². The Balaban J connectivity index is 0.717. The van der Waals surface area contributed by atoms with E-state index in [0.29, 0.717) is 84.2 Å². The molecule has 4 fully saturated rings. The topological polar surface area (TPSA) is 319 Å². The number of rotatable bonds is 28. The van der Waals surface area contributed by atoms with Gasteiger partial charge >= 0.3 is 18.0 Å². The Hall–Kier alpha value is -9.36. The van der Waals surface area contributed by atoms with Crippen molar-refractivity contribution < 1.29 is 62.8 Å². The predicted octanol–water partition coefficient (Wildman–Crippen LogP) is 9.46. The molecule has 2 aliphatic heterocycles. The maximum Gasteiger partial charge on any atom is 0.410 e. The summed E-state index contributed by atoms with van der Waals surface area (Å²) in [5.74, 6) is -4.92. The molecule has 5 heterocycles. The van der Waals surface area contributed by atoms with Crippen molar-refractivity contribution >= 4 is 91.7 Å². The molecule has 4 saturated carbocycles. The van der Waals surface area contributed by atoms with Crippen molar-refractivity contribution in [2.45, 2.75) is 156 Å². The summed E-state index contributed by atoms with van der Waals surface area (Å²) in [5.41, 5.74) is 10.6. The summed E-state index contributed by atoms with van der Waals surface area (Å²) < 4.78 is 15.8. The third kappa shape index (κ3) is 14.9. The molecule has 4 atom stereocenters. The van der Waals surface area contributed by atoms with E-state index in [2.05, 4.69) is 29.5 Å². The van der Waals surface area contributed by atoms with Crippen molar-refractivity contribution in [3.8, 4) is 11.1 Å². The highest BCUT2D eigenvalue weighted by atomic mass is 32.1. The number of nitrogens with one attached hydrogen (secondary N) is 2. The molecule has 6 aromatic rings. The van der Waals surface area contributed by atoms with E-state index in [-0.39, 0.29) is 91.3 Å². The van der Waals surface area contributed by atoms with Crippen LogP contribution >= 0.6 is 11.3 Å². The van der Waals surface area contributed by atoms with Crippen LogP contribution in [0.1, 0.15) is 148 Å². The summed E-state index contributed by atoms with van der Waals surface area (Å²) in [6.45, 7) is 13.2. The molecule has 6 aliphatic rings. The van der Waals surface area contributed by atoms with Crippen LogP contribution in [-0.4, -0.2) is 144 Å². The fourth-order valence-electron chi connectivity index (χ4n) is 16.3. The number of aromatic carboxylic acids is 1. The van der Waals surface area contributed by atoms with Crippen LogP contribution in [0.25, 0.3) is 21.3 Å². The van der Waals surface area contributed by atoms with E-state index in [0.717, 1.165) is 70.5 Å². The Bertz CT molecular complexity index is 4000. The van der Waals surface area contributed by atoms with Gasteiger partial charge in [-0.15, -0.1) is 0 Å². The molecular formula is C71H83N11O13S. The van der Waals surface area contributed by atoms with Gasteiger partial charge in [-0.3, -0.25) is 53.4 Å². The van der Waals surface area contributed by atoms with Gasteiger partial charge in [-0.25, -0.2) is 19.6 Å². The first-order valence-corrected chi connectivity index (χ1v) is 33.7. The highest BCUT2D eigenvalue weighted by Gasteiger charge is 2.66. The molecular weight excluding hydrogens is 1250 g/mol. The Kier molecular flexibility index (Phi) is 19.7.